The fraction of sp³-hybridized carbons (Fsp3) is 0.176. The van der Waals surface area contributed by atoms with Gasteiger partial charge in [0.2, 0.25) is 5.91 Å². The third-order valence-electron chi connectivity index (χ3n) is 3.97. The van der Waals surface area contributed by atoms with Crippen molar-refractivity contribution in [3.63, 3.8) is 0 Å². The predicted molar refractivity (Wildman–Crippen MR) is 102 cm³/mol. The topological polar surface area (TPSA) is 87.2 Å². The number of fused-ring (bicyclic) bond motifs is 1. The molecule has 0 radical (unpaired) electrons. The van der Waals surface area contributed by atoms with E-state index in [2.05, 4.69) is 20.6 Å². The number of carbonyl (C=O) groups excluding carboxylic acids is 2. The van der Waals surface area contributed by atoms with E-state index in [0.717, 1.165) is 11.3 Å². The third-order valence-corrected chi connectivity index (χ3v) is 5.33. The van der Waals surface area contributed by atoms with E-state index in [1.807, 2.05) is 22.2 Å². The molecule has 0 unspecified atom stereocenters. The molecule has 26 heavy (non-hydrogen) atoms. The van der Waals surface area contributed by atoms with Crippen molar-refractivity contribution < 1.29 is 9.59 Å². The second-order valence-corrected chi connectivity index (χ2v) is 7.22. The molecule has 0 atom stereocenters. The van der Waals surface area contributed by atoms with Gasteiger partial charge in [-0.3, -0.25) is 9.59 Å². The van der Waals surface area contributed by atoms with Crippen LogP contribution in [0.15, 0.2) is 40.0 Å². The summed E-state index contributed by atoms with van der Waals surface area (Å²) in [5.41, 5.74) is 4.60. The van der Waals surface area contributed by atoms with Crippen LogP contribution in [-0.4, -0.2) is 28.3 Å². The van der Waals surface area contributed by atoms with Crippen LogP contribution in [-0.2, 0) is 17.9 Å². The Morgan fingerprint density at radius 3 is 3.00 bits per heavy atom. The molecule has 2 N–H and O–H groups in total. The summed E-state index contributed by atoms with van der Waals surface area (Å²) < 4.78 is 0. The van der Waals surface area contributed by atoms with Gasteiger partial charge in [0.05, 0.1) is 35.5 Å². The van der Waals surface area contributed by atoms with E-state index in [4.69, 9.17) is 0 Å². The first-order chi connectivity index (χ1) is 12.7. The minimum absolute atomic E-state index is 0.0804. The number of pyridine rings is 1. The van der Waals surface area contributed by atoms with E-state index in [1.165, 1.54) is 17.5 Å². The first-order valence-electron chi connectivity index (χ1n) is 7.91. The van der Waals surface area contributed by atoms with E-state index in [9.17, 15) is 9.59 Å². The van der Waals surface area contributed by atoms with Crippen LogP contribution < -0.4 is 15.5 Å². The minimum atomic E-state index is -0.224. The minimum Gasteiger partial charge on any atom is -0.359 e. The van der Waals surface area contributed by atoms with Crippen molar-refractivity contribution in [3.05, 3.63) is 56.8 Å². The Morgan fingerprint density at radius 2 is 2.23 bits per heavy atom. The molecule has 0 bridgehead atoms. The molecular formula is C17H15N5O2S2. The molecule has 0 aromatic carbocycles. The van der Waals surface area contributed by atoms with Gasteiger partial charge in [0.25, 0.3) is 5.91 Å². The van der Waals surface area contributed by atoms with Crippen LogP contribution in [0.1, 0.15) is 21.6 Å². The number of hydrogen-bond acceptors (Lipinski definition) is 7. The number of carbonyl (C=O) groups is 2. The molecule has 3 aromatic heterocycles. The number of thiophene rings is 1. The van der Waals surface area contributed by atoms with Crippen molar-refractivity contribution in [1.82, 2.24) is 15.3 Å². The highest BCUT2D eigenvalue weighted by atomic mass is 32.1. The Bertz CT molecular complexity index is 925. The number of hydrogen-bond donors (Lipinski definition) is 2. The number of aromatic nitrogens is 2. The highest BCUT2D eigenvalue weighted by Crippen LogP contribution is 2.29. The van der Waals surface area contributed by atoms with Crippen LogP contribution in [0.5, 0.6) is 0 Å². The highest BCUT2D eigenvalue weighted by Gasteiger charge is 2.26. The average Bonchev–Trinajstić information content (AvgIpc) is 3.35. The number of nitrogens with one attached hydrogen (secondary N) is 2. The summed E-state index contributed by atoms with van der Waals surface area (Å²) in [6.45, 7) is 0.992. The molecular weight excluding hydrogens is 370 g/mol. The molecule has 0 saturated heterocycles. The lowest BCUT2D eigenvalue weighted by Gasteiger charge is -2.29. The summed E-state index contributed by atoms with van der Waals surface area (Å²) in [5.74, 6) is 0.287. The smallest absolute Gasteiger partial charge is 0.253 e. The van der Waals surface area contributed by atoms with Gasteiger partial charge in [-0.2, -0.15) is 11.3 Å². The molecule has 4 heterocycles. The Balaban J connectivity index is 1.56. The van der Waals surface area contributed by atoms with E-state index in [-0.39, 0.29) is 18.4 Å². The molecule has 1 aliphatic rings. The molecule has 4 rings (SSSR count). The molecule has 3 aromatic rings. The zero-order valence-corrected chi connectivity index (χ0v) is 15.3. The summed E-state index contributed by atoms with van der Waals surface area (Å²) >= 11 is 3.07. The maximum absolute atomic E-state index is 12.4. The molecule has 132 valence electrons. The normalized spacial score (nSPS) is 13.2. The summed E-state index contributed by atoms with van der Waals surface area (Å²) in [6, 6.07) is 3.66. The number of thiazole rings is 1. The first kappa shape index (κ1) is 16.7. The summed E-state index contributed by atoms with van der Waals surface area (Å²) in [7, 11) is 0. The van der Waals surface area contributed by atoms with Gasteiger partial charge in [0, 0.05) is 18.1 Å². The molecule has 0 spiro atoms. The van der Waals surface area contributed by atoms with Crippen LogP contribution in [0.2, 0.25) is 0 Å². The van der Waals surface area contributed by atoms with Crippen molar-refractivity contribution in [1.29, 1.82) is 0 Å². The highest BCUT2D eigenvalue weighted by molar-refractivity contribution is 7.08. The van der Waals surface area contributed by atoms with Crippen molar-refractivity contribution in [2.24, 2.45) is 0 Å². The number of anilines is 2. The van der Waals surface area contributed by atoms with Crippen LogP contribution in [0.3, 0.4) is 0 Å². The fourth-order valence-corrected chi connectivity index (χ4v) is 3.86. The monoisotopic (exact) mass is 385 g/mol. The van der Waals surface area contributed by atoms with Gasteiger partial charge in [0.1, 0.15) is 0 Å². The Hall–Kier alpha value is -2.78. The van der Waals surface area contributed by atoms with Crippen molar-refractivity contribution in [2.45, 2.75) is 13.1 Å². The van der Waals surface area contributed by atoms with Gasteiger partial charge >= 0.3 is 0 Å². The largest absolute Gasteiger partial charge is 0.359 e. The van der Waals surface area contributed by atoms with Crippen LogP contribution in [0, 0.1) is 0 Å². The maximum Gasteiger partial charge on any atom is 0.253 e. The van der Waals surface area contributed by atoms with Crippen LogP contribution >= 0.6 is 22.7 Å². The Morgan fingerprint density at radius 1 is 1.31 bits per heavy atom. The lowest BCUT2D eigenvalue weighted by atomic mass is 10.2. The van der Waals surface area contributed by atoms with Crippen LogP contribution in [0.25, 0.3) is 0 Å². The fourth-order valence-electron chi connectivity index (χ4n) is 2.64. The van der Waals surface area contributed by atoms with E-state index in [1.54, 1.807) is 27.8 Å². The number of nitrogens with zero attached hydrogens (tertiary/aromatic N) is 3. The van der Waals surface area contributed by atoms with Crippen molar-refractivity contribution in [3.8, 4) is 0 Å². The standard InChI is InChI=1S/C17H15N5O2S2/c23-15-6-19-16-14(22(15)7-13-9-26-10-21-13)3-12(5-18-16)17(24)20-4-11-1-2-25-8-11/h1-3,5,8-10H,4,6-7H2,(H,18,19)(H,20,24). The SMILES string of the molecule is O=C(NCc1ccsc1)c1cnc2c(c1)N(Cc1cscn1)C(=O)CN2. The predicted octanol–water partition coefficient (Wildman–Crippen LogP) is 2.49. The average molecular weight is 385 g/mol. The summed E-state index contributed by atoms with van der Waals surface area (Å²) in [6.07, 6.45) is 1.52. The molecule has 0 saturated carbocycles. The zero-order chi connectivity index (χ0) is 17.9. The molecule has 2 amide bonds. The van der Waals surface area contributed by atoms with E-state index >= 15 is 0 Å². The van der Waals surface area contributed by atoms with Gasteiger partial charge in [0.15, 0.2) is 5.82 Å². The van der Waals surface area contributed by atoms with Crippen molar-refractivity contribution in [2.75, 3.05) is 16.8 Å². The van der Waals surface area contributed by atoms with Gasteiger partial charge in [-0.15, -0.1) is 11.3 Å². The Kier molecular flexibility index (Phi) is 4.63. The maximum atomic E-state index is 12.4. The summed E-state index contributed by atoms with van der Waals surface area (Å²) in [5, 5.41) is 11.7. The molecule has 1 aliphatic heterocycles. The zero-order valence-electron chi connectivity index (χ0n) is 13.6. The lowest BCUT2D eigenvalue weighted by Crippen LogP contribution is -2.40. The van der Waals surface area contributed by atoms with Gasteiger partial charge < -0.3 is 15.5 Å². The molecule has 9 heteroatoms. The molecule has 0 aliphatic carbocycles. The van der Waals surface area contributed by atoms with Crippen molar-refractivity contribution >= 4 is 46.0 Å². The van der Waals surface area contributed by atoms with E-state index < -0.39 is 0 Å². The quantitative estimate of drug-likeness (QED) is 0.705. The van der Waals surface area contributed by atoms with Crippen LogP contribution in [0.4, 0.5) is 11.5 Å². The van der Waals surface area contributed by atoms with Gasteiger partial charge in [-0.25, -0.2) is 9.97 Å². The molecule has 7 nitrogen and oxygen atoms in total. The molecule has 0 fully saturated rings. The number of amides is 2. The first-order valence-corrected chi connectivity index (χ1v) is 9.80. The van der Waals surface area contributed by atoms with Gasteiger partial charge in [-0.1, -0.05) is 0 Å². The second kappa shape index (κ2) is 7.22. The number of rotatable bonds is 5. The van der Waals surface area contributed by atoms with Gasteiger partial charge in [-0.05, 0) is 28.5 Å². The lowest BCUT2D eigenvalue weighted by molar-refractivity contribution is -0.117. The Labute approximate surface area is 157 Å². The second-order valence-electron chi connectivity index (χ2n) is 5.72. The summed E-state index contributed by atoms with van der Waals surface area (Å²) in [4.78, 5) is 35.0. The third kappa shape index (κ3) is 3.44. The van der Waals surface area contributed by atoms with E-state index in [0.29, 0.717) is 30.2 Å².